The van der Waals surface area contributed by atoms with E-state index in [9.17, 15) is 26.0 Å². The molecule has 1 aromatic carbocycles. The van der Waals surface area contributed by atoms with Gasteiger partial charge in [-0.05, 0) is 38.1 Å². The molecule has 1 aromatic rings. The van der Waals surface area contributed by atoms with Crippen LogP contribution in [0.4, 0.5) is 17.6 Å². The molecule has 0 bridgehead atoms. The Morgan fingerprint density at radius 3 is 2.59 bits per heavy atom. The number of nitrogens with zero attached hydrogens (tertiary/aromatic N) is 1. The van der Waals surface area contributed by atoms with Crippen LogP contribution in [-0.4, -0.2) is 38.9 Å². The maximum Gasteiger partial charge on any atom is 0.419 e. The van der Waals surface area contributed by atoms with Gasteiger partial charge in [0.15, 0.2) is 0 Å². The Hall–Kier alpha value is -1.19. The number of likely N-dealkylation sites (N-methyl/N-ethyl adjacent to an activating group) is 1. The Morgan fingerprint density at radius 2 is 2.00 bits per heavy atom. The minimum Gasteiger partial charge on any atom is -0.316 e. The second-order valence-corrected chi connectivity index (χ2v) is 7.07. The van der Waals surface area contributed by atoms with Crippen molar-refractivity contribution >= 4 is 10.0 Å². The van der Waals surface area contributed by atoms with Gasteiger partial charge in [0, 0.05) is 19.1 Å². The van der Waals surface area contributed by atoms with E-state index in [1.165, 1.54) is 0 Å². The molecule has 0 saturated carbocycles. The molecule has 2 rings (SSSR count). The lowest BCUT2D eigenvalue weighted by molar-refractivity contribution is -0.140. The van der Waals surface area contributed by atoms with E-state index < -0.39 is 32.5 Å². The topological polar surface area (TPSA) is 49.4 Å². The summed E-state index contributed by atoms with van der Waals surface area (Å²) >= 11 is 0. The van der Waals surface area contributed by atoms with Crippen LogP contribution in [0.15, 0.2) is 23.1 Å². The predicted octanol–water partition coefficient (Wildman–Crippen LogP) is 2.22. The number of halogens is 4. The highest BCUT2D eigenvalue weighted by atomic mass is 32.2. The number of nitrogens with one attached hydrogen (secondary N) is 1. The van der Waals surface area contributed by atoms with Crippen LogP contribution in [0.2, 0.25) is 0 Å². The van der Waals surface area contributed by atoms with Crippen molar-refractivity contribution in [2.75, 3.05) is 20.1 Å². The lowest BCUT2D eigenvalue weighted by Gasteiger charge is -2.31. The zero-order valence-electron chi connectivity index (χ0n) is 11.8. The van der Waals surface area contributed by atoms with Crippen molar-refractivity contribution < 1.29 is 26.0 Å². The molecule has 22 heavy (non-hydrogen) atoms. The van der Waals surface area contributed by atoms with E-state index in [0.29, 0.717) is 18.6 Å². The van der Waals surface area contributed by atoms with Crippen LogP contribution < -0.4 is 5.32 Å². The van der Waals surface area contributed by atoms with Gasteiger partial charge in [-0.15, -0.1) is 0 Å². The molecule has 1 N–H and O–H groups in total. The third-order valence-corrected chi connectivity index (χ3v) is 5.53. The fourth-order valence-corrected chi connectivity index (χ4v) is 3.98. The first-order valence-electron chi connectivity index (χ1n) is 6.70. The van der Waals surface area contributed by atoms with Gasteiger partial charge in [-0.2, -0.15) is 17.5 Å². The molecule has 9 heteroatoms. The lowest BCUT2D eigenvalue weighted by atomic mass is 10.1. The van der Waals surface area contributed by atoms with Crippen molar-refractivity contribution in [1.82, 2.24) is 9.62 Å². The zero-order valence-corrected chi connectivity index (χ0v) is 12.6. The van der Waals surface area contributed by atoms with Crippen molar-refractivity contribution in [1.29, 1.82) is 0 Å². The number of benzene rings is 1. The summed E-state index contributed by atoms with van der Waals surface area (Å²) in [5.74, 6) is -1.49. The Morgan fingerprint density at radius 1 is 1.32 bits per heavy atom. The van der Waals surface area contributed by atoms with Crippen molar-refractivity contribution in [3.05, 3.63) is 29.6 Å². The lowest BCUT2D eigenvalue weighted by Crippen LogP contribution is -2.46. The highest BCUT2D eigenvalue weighted by molar-refractivity contribution is 7.89. The Kier molecular flexibility index (Phi) is 4.78. The van der Waals surface area contributed by atoms with Crippen LogP contribution >= 0.6 is 0 Å². The maximum atomic E-state index is 13.3. The fourth-order valence-electron chi connectivity index (χ4n) is 2.43. The minimum absolute atomic E-state index is 0.0499. The van der Waals surface area contributed by atoms with E-state index in [1.54, 1.807) is 7.05 Å². The third-order valence-electron chi connectivity index (χ3n) is 3.67. The van der Waals surface area contributed by atoms with Gasteiger partial charge in [0.1, 0.15) is 5.82 Å². The van der Waals surface area contributed by atoms with Crippen LogP contribution in [0, 0.1) is 5.82 Å². The molecule has 4 nitrogen and oxygen atoms in total. The van der Waals surface area contributed by atoms with Crippen molar-refractivity contribution in [3.63, 3.8) is 0 Å². The van der Waals surface area contributed by atoms with Gasteiger partial charge in [-0.1, -0.05) is 0 Å². The van der Waals surface area contributed by atoms with Crippen molar-refractivity contribution in [3.8, 4) is 0 Å². The first-order valence-corrected chi connectivity index (χ1v) is 8.14. The summed E-state index contributed by atoms with van der Waals surface area (Å²) in [6.45, 7) is 0.413. The highest BCUT2D eigenvalue weighted by Crippen LogP contribution is 2.33. The summed E-state index contributed by atoms with van der Waals surface area (Å²) in [7, 11) is -2.38. The average Bonchev–Trinajstić information content (AvgIpc) is 2.46. The van der Waals surface area contributed by atoms with Crippen molar-refractivity contribution in [2.24, 2.45) is 0 Å². The van der Waals surface area contributed by atoms with E-state index in [1.807, 2.05) is 0 Å². The van der Waals surface area contributed by atoms with Crippen LogP contribution in [-0.2, 0) is 16.2 Å². The Labute approximate surface area is 126 Å². The highest BCUT2D eigenvalue weighted by Gasteiger charge is 2.37. The largest absolute Gasteiger partial charge is 0.419 e. The molecule has 1 saturated heterocycles. The van der Waals surface area contributed by atoms with E-state index in [2.05, 4.69) is 5.32 Å². The summed E-state index contributed by atoms with van der Waals surface area (Å²) in [5.41, 5.74) is -1.57. The SMILES string of the molecule is CNC1CCCN(S(=O)(=O)c2ccc(F)c(C(F)(F)F)c2)C1. The molecule has 1 aliphatic heterocycles. The number of hydrogen-bond donors (Lipinski definition) is 1. The number of piperidine rings is 1. The average molecular weight is 340 g/mol. The van der Waals surface area contributed by atoms with Crippen LogP contribution in [0.5, 0.6) is 0 Å². The summed E-state index contributed by atoms with van der Waals surface area (Å²) in [6.07, 6.45) is -3.54. The Balaban J connectivity index is 2.38. The molecule has 0 amide bonds. The molecule has 1 unspecified atom stereocenters. The number of hydrogen-bond acceptors (Lipinski definition) is 3. The van der Waals surface area contributed by atoms with E-state index in [0.717, 1.165) is 16.8 Å². The number of rotatable bonds is 3. The second-order valence-electron chi connectivity index (χ2n) is 5.13. The fraction of sp³-hybridized carbons (Fsp3) is 0.538. The van der Waals surface area contributed by atoms with Gasteiger partial charge in [-0.25, -0.2) is 12.8 Å². The molecule has 0 aliphatic carbocycles. The summed E-state index contributed by atoms with van der Waals surface area (Å²) < 4.78 is 77.5. The molecular weight excluding hydrogens is 324 g/mol. The van der Waals surface area contributed by atoms with Gasteiger partial charge in [-0.3, -0.25) is 0 Å². The zero-order chi connectivity index (χ0) is 16.5. The molecule has 1 fully saturated rings. The molecule has 0 spiro atoms. The summed E-state index contributed by atoms with van der Waals surface area (Å²) in [6, 6.07) is 1.71. The van der Waals surface area contributed by atoms with Gasteiger partial charge in [0.2, 0.25) is 10.0 Å². The van der Waals surface area contributed by atoms with Gasteiger partial charge >= 0.3 is 6.18 Å². The molecule has 124 valence electrons. The molecule has 1 atom stereocenters. The van der Waals surface area contributed by atoms with Gasteiger partial charge < -0.3 is 5.32 Å². The summed E-state index contributed by atoms with van der Waals surface area (Å²) in [5, 5.41) is 2.96. The molecule has 0 aromatic heterocycles. The first kappa shape index (κ1) is 17.2. The molecular formula is C13H16F4N2O2S. The number of sulfonamides is 1. The second kappa shape index (κ2) is 6.13. The van der Waals surface area contributed by atoms with E-state index in [4.69, 9.17) is 0 Å². The smallest absolute Gasteiger partial charge is 0.316 e. The standard InChI is InChI=1S/C13H16F4N2O2S/c1-18-9-3-2-6-19(8-9)22(20,21)10-4-5-12(14)11(7-10)13(15,16)17/h4-5,7,9,18H,2-3,6,8H2,1H3. The van der Waals surface area contributed by atoms with Crippen LogP contribution in [0.1, 0.15) is 18.4 Å². The molecule has 1 heterocycles. The third kappa shape index (κ3) is 3.41. The van der Waals surface area contributed by atoms with E-state index >= 15 is 0 Å². The van der Waals surface area contributed by atoms with Crippen LogP contribution in [0.25, 0.3) is 0 Å². The normalized spacial score (nSPS) is 21.0. The van der Waals surface area contributed by atoms with Crippen molar-refractivity contribution in [2.45, 2.75) is 30.0 Å². The van der Waals surface area contributed by atoms with E-state index in [-0.39, 0.29) is 19.1 Å². The first-order chi connectivity index (χ1) is 10.2. The Bertz CT molecular complexity index is 646. The van der Waals surface area contributed by atoms with Gasteiger partial charge in [0.25, 0.3) is 0 Å². The predicted molar refractivity (Wildman–Crippen MR) is 72.2 cm³/mol. The van der Waals surface area contributed by atoms with Crippen LogP contribution in [0.3, 0.4) is 0 Å². The number of alkyl halides is 3. The quantitative estimate of drug-likeness (QED) is 0.859. The monoisotopic (exact) mass is 340 g/mol. The maximum absolute atomic E-state index is 13.3. The summed E-state index contributed by atoms with van der Waals surface area (Å²) in [4.78, 5) is -0.544. The molecule has 0 radical (unpaired) electrons. The minimum atomic E-state index is -4.94. The van der Waals surface area contributed by atoms with Gasteiger partial charge in [0.05, 0.1) is 10.5 Å². The molecule has 1 aliphatic rings.